The third-order valence-electron chi connectivity index (χ3n) is 2.74. The fraction of sp³-hybridized carbons (Fsp3) is 0.800. The van der Waals surface area contributed by atoms with Gasteiger partial charge in [0.15, 0.2) is 0 Å². The van der Waals surface area contributed by atoms with Crippen LogP contribution in [0.3, 0.4) is 0 Å². The predicted octanol–water partition coefficient (Wildman–Crippen LogP) is 0.0233. The maximum atomic E-state index is 10.8. The molecule has 0 amide bonds. The van der Waals surface area contributed by atoms with Crippen LogP contribution in [0.5, 0.6) is 0 Å². The Morgan fingerprint density at radius 3 is 2.00 bits per heavy atom. The number of hydrogen-bond donors (Lipinski definition) is 3. The van der Waals surface area contributed by atoms with E-state index in [4.69, 9.17) is 19.7 Å². The summed E-state index contributed by atoms with van der Waals surface area (Å²) in [7, 11) is 0. The van der Waals surface area contributed by atoms with Gasteiger partial charge in [-0.1, -0.05) is 19.4 Å². The van der Waals surface area contributed by atoms with Crippen molar-refractivity contribution in [2.24, 2.45) is 0 Å². The lowest BCUT2D eigenvalue weighted by Gasteiger charge is -2.11. The number of esters is 1. The lowest BCUT2D eigenvalue weighted by atomic mass is 10.2. The van der Waals surface area contributed by atoms with E-state index in [0.717, 1.165) is 31.8 Å². The summed E-state index contributed by atoms with van der Waals surface area (Å²) < 4.78 is 15.1. The number of rotatable bonds is 15. The van der Waals surface area contributed by atoms with Crippen LogP contribution in [-0.4, -0.2) is 73.1 Å². The minimum absolute atomic E-state index is 0.0954. The van der Waals surface area contributed by atoms with Crippen LogP contribution >= 0.6 is 0 Å². The number of unbranched alkanes of at least 4 members (excludes halogenated alkanes) is 3. The van der Waals surface area contributed by atoms with E-state index in [9.17, 15) is 9.90 Å². The zero-order valence-electron chi connectivity index (χ0n) is 13.0. The van der Waals surface area contributed by atoms with Crippen molar-refractivity contribution in [2.45, 2.75) is 37.9 Å². The maximum Gasteiger partial charge on any atom is 0.330 e. The Bertz CT molecular complexity index is 283. The van der Waals surface area contributed by atoms with Gasteiger partial charge in [-0.3, -0.25) is 0 Å². The molecular weight excluding hydrogens is 292 g/mol. The summed E-state index contributed by atoms with van der Waals surface area (Å²) in [6.07, 6.45) is 3.14. The van der Waals surface area contributed by atoms with Crippen molar-refractivity contribution in [3.8, 4) is 0 Å². The fourth-order valence-electron chi connectivity index (χ4n) is 1.54. The molecule has 0 aromatic heterocycles. The zero-order chi connectivity index (χ0) is 16.6. The fourth-order valence-corrected chi connectivity index (χ4v) is 1.54. The second-order valence-corrected chi connectivity index (χ2v) is 4.89. The van der Waals surface area contributed by atoms with Crippen LogP contribution in [0.25, 0.3) is 0 Å². The molecule has 0 aromatic carbocycles. The van der Waals surface area contributed by atoms with E-state index in [1.54, 1.807) is 0 Å². The van der Waals surface area contributed by atoms with Gasteiger partial charge in [-0.15, -0.1) is 0 Å². The quantitative estimate of drug-likeness (QED) is 0.222. The van der Waals surface area contributed by atoms with E-state index in [0.29, 0.717) is 13.2 Å². The molecule has 0 saturated heterocycles. The van der Waals surface area contributed by atoms with Crippen LogP contribution in [0, 0.1) is 0 Å². The predicted molar refractivity (Wildman–Crippen MR) is 80.4 cm³/mol. The first-order valence-corrected chi connectivity index (χ1v) is 7.51. The molecule has 7 nitrogen and oxygen atoms in total. The Kier molecular flexibility index (Phi) is 14.3. The molecule has 0 aromatic rings. The lowest BCUT2D eigenvalue weighted by molar-refractivity contribution is -0.141. The number of carbonyl (C=O) groups excluding carboxylic acids is 1. The first-order chi connectivity index (χ1) is 10.6. The standard InChI is InChI=1S/C15H28O7/c1-2-15(19)22-12-14(18)11-21-8-6-4-3-5-7-20-10-13(17)9-16/h2,13-14,16-18H,1,3-12H2. The highest BCUT2D eigenvalue weighted by Crippen LogP contribution is 2.01. The van der Waals surface area contributed by atoms with Crippen LogP contribution in [0.15, 0.2) is 12.7 Å². The monoisotopic (exact) mass is 320 g/mol. The Balaban J connectivity index is 3.22. The number of carbonyl (C=O) groups is 1. The van der Waals surface area contributed by atoms with Crippen LogP contribution in [0.2, 0.25) is 0 Å². The van der Waals surface area contributed by atoms with Crippen LogP contribution in [-0.2, 0) is 19.0 Å². The summed E-state index contributed by atoms with van der Waals surface area (Å²) in [5.41, 5.74) is 0. The first-order valence-electron chi connectivity index (χ1n) is 7.51. The number of aliphatic hydroxyl groups is 3. The summed E-state index contributed by atoms with van der Waals surface area (Å²) >= 11 is 0. The zero-order valence-corrected chi connectivity index (χ0v) is 13.0. The molecule has 3 N–H and O–H groups in total. The lowest BCUT2D eigenvalue weighted by Crippen LogP contribution is -2.23. The molecule has 0 aliphatic carbocycles. The largest absolute Gasteiger partial charge is 0.460 e. The average Bonchev–Trinajstić information content (AvgIpc) is 2.53. The molecule has 0 fully saturated rings. The van der Waals surface area contributed by atoms with Gasteiger partial charge in [-0.2, -0.15) is 0 Å². The van der Waals surface area contributed by atoms with Crippen LogP contribution in [0.4, 0.5) is 0 Å². The smallest absolute Gasteiger partial charge is 0.330 e. The van der Waals surface area contributed by atoms with Crippen molar-refractivity contribution >= 4 is 5.97 Å². The summed E-state index contributed by atoms with van der Waals surface area (Å²) in [6, 6.07) is 0. The van der Waals surface area contributed by atoms with Crippen molar-refractivity contribution < 1.29 is 34.3 Å². The molecule has 7 heteroatoms. The number of aliphatic hydroxyl groups excluding tert-OH is 3. The topological polar surface area (TPSA) is 105 Å². The Morgan fingerprint density at radius 2 is 1.50 bits per heavy atom. The average molecular weight is 320 g/mol. The van der Waals surface area contributed by atoms with E-state index in [1.165, 1.54) is 0 Å². The van der Waals surface area contributed by atoms with Gasteiger partial charge < -0.3 is 29.5 Å². The van der Waals surface area contributed by atoms with Gasteiger partial charge in [0.05, 0.1) is 19.8 Å². The molecule has 2 atom stereocenters. The highest BCUT2D eigenvalue weighted by Gasteiger charge is 2.06. The Morgan fingerprint density at radius 1 is 0.955 bits per heavy atom. The Hall–Kier alpha value is -0.990. The minimum atomic E-state index is -0.824. The normalized spacial score (nSPS) is 13.6. The van der Waals surface area contributed by atoms with E-state index >= 15 is 0 Å². The molecule has 0 bridgehead atoms. The van der Waals surface area contributed by atoms with Gasteiger partial charge in [0, 0.05) is 19.3 Å². The van der Waals surface area contributed by atoms with Crippen molar-refractivity contribution in [1.82, 2.24) is 0 Å². The highest BCUT2D eigenvalue weighted by molar-refractivity contribution is 5.81. The molecule has 0 aliphatic heterocycles. The van der Waals surface area contributed by atoms with E-state index in [-0.39, 0.29) is 26.4 Å². The molecule has 0 aliphatic rings. The van der Waals surface area contributed by atoms with Crippen molar-refractivity contribution in [2.75, 3.05) is 39.6 Å². The van der Waals surface area contributed by atoms with Crippen LogP contribution in [0.1, 0.15) is 25.7 Å². The third-order valence-corrected chi connectivity index (χ3v) is 2.74. The molecule has 0 radical (unpaired) electrons. The first kappa shape index (κ1) is 21.0. The molecule has 2 unspecified atom stereocenters. The summed E-state index contributed by atoms with van der Waals surface area (Å²) in [5.74, 6) is -0.562. The summed E-state index contributed by atoms with van der Waals surface area (Å²) in [6.45, 7) is 4.27. The maximum absolute atomic E-state index is 10.8. The molecule has 0 spiro atoms. The minimum Gasteiger partial charge on any atom is -0.460 e. The van der Waals surface area contributed by atoms with Gasteiger partial charge in [0.1, 0.15) is 18.8 Å². The van der Waals surface area contributed by atoms with E-state index in [1.807, 2.05) is 0 Å². The number of hydrogen-bond acceptors (Lipinski definition) is 7. The van der Waals surface area contributed by atoms with Crippen LogP contribution < -0.4 is 0 Å². The van der Waals surface area contributed by atoms with Gasteiger partial charge in [0.2, 0.25) is 0 Å². The molecule has 130 valence electrons. The molecule has 0 saturated carbocycles. The van der Waals surface area contributed by atoms with E-state index in [2.05, 4.69) is 11.3 Å². The summed E-state index contributed by atoms with van der Waals surface area (Å²) in [4.78, 5) is 10.8. The van der Waals surface area contributed by atoms with Crippen molar-refractivity contribution in [1.29, 1.82) is 0 Å². The molecule has 0 heterocycles. The van der Waals surface area contributed by atoms with Gasteiger partial charge in [-0.25, -0.2) is 4.79 Å². The SMILES string of the molecule is C=CC(=O)OCC(O)COCCCCCCOCC(O)CO. The second-order valence-electron chi connectivity index (χ2n) is 4.89. The molecular formula is C15H28O7. The van der Waals surface area contributed by atoms with Gasteiger partial charge in [-0.05, 0) is 12.8 Å². The summed E-state index contributed by atoms with van der Waals surface area (Å²) in [5, 5.41) is 27.1. The van der Waals surface area contributed by atoms with Gasteiger partial charge >= 0.3 is 5.97 Å². The second kappa shape index (κ2) is 14.9. The van der Waals surface area contributed by atoms with E-state index < -0.39 is 18.2 Å². The van der Waals surface area contributed by atoms with Gasteiger partial charge in [0.25, 0.3) is 0 Å². The molecule has 22 heavy (non-hydrogen) atoms. The number of ether oxygens (including phenoxy) is 3. The third kappa shape index (κ3) is 14.0. The highest BCUT2D eigenvalue weighted by atomic mass is 16.5. The Labute approximate surface area is 131 Å². The van der Waals surface area contributed by atoms with Crippen molar-refractivity contribution in [3.05, 3.63) is 12.7 Å². The van der Waals surface area contributed by atoms with Crippen molar-refractivity contribution in [3.63, 3.8) is 0 Å². The molecule has 0 rings (SSSR count).